The van der Waals surface area contributed by atoms with Crippen LogP contribution in [0.15, 0.2) is 45.6 Å². The number of aliphatic hydroxyl groups excluding tert-OH is 1. The first kappa shape index (κ1) is 15.7. The van der Waals surface area contributed by atoms with Crippen LogP contribution in [0.4, 0.5) is 0 Å². The third-order valence-electron chi connectivity index (χ3n) is 3.35. The largest absolute Gasteiger partial charge is 0.388 e. The lowest BCUT2D eigenvalue weighted by Gasteiger charge is -2.25. The highest BCUT2D eigenvalue weighted by Gasteiger charge is 2.18. The zero-order chi connectivity index (χ0) is 14.5. The van der Waals surface area contributed by atoms with E-state index in [1.807, 2.05) is 30.3 Å². The Morgan fingerprint density at radius 2 is 2.00 bits per heavy atom. The highest BCUT2D eigenvalue weighted by molar-refractivity contribution is 9.11. The second kappa shape index (κ2) is 7.36. The Morgan fingerprint density at radius 3 is 2.60 bits per heavy atom. The maximum atomic E-state index is 10.4. The fourth-order valence-corrected chi connectivity index (χ4v) is 3.58. The van der Waals surface area contributed by atoms with Crippen LogP contribution in [0.2, 0.25) is 0 Å². The van der Waals surface area contributed by atoms with Crippen molar-refractivity contribution in [2.24, 2.45) is 5.92 Å². The van der Waals surface area contributed by atoms with Gasteiger partial charge in [0.05, 0.1) is 9.89 Å². The summed E-state index contributed by atoms with van der Waals surface area (Å²) in [6.45, 7) is 3.87. The van der Waals surface area contributed by atoms with Gasteiger partial charge >= 0.3 is 0 Å². The molecule has 0 amide bonds. The standard InChI is InChI=1S/C16H20BrNOS/c1-12(16(19)14-6-4-3-5-7-14)9-18(2)10-13-8-15(17)20-11-13/h3-8,11-12,16,19H,9-10H2,1-2H3. The number of hydrogen-bond donors (Lipinski definition) is 1. The van der Waals surface area contributed by atoms with E-state index >= 15 is 0 Å². The van der Waals surface area contributed by atoms with Crippen LogP contribution in [0.5, 0.6) is 0 Å². The lowest BCUT2D eigenvalue weighted by molar-refractivity contribution is 0.0933. The average molecular weight is 354 g/mol. The van der Waals surface area contributed by atoms with E-state index in [9.17, 15) is 5.11 Å². The second-order valence-electron chi connectivity index (χ2n) is 5.29. The molecule has 2 rings (SSSR count). The van der Waals surface area contributed by atoms with Crippen LogP contribution in [-0.2, 0) is 6.54 Å². The Hall–Kier alpha value is -0.680. The summed E-state index contributed by atoms with van der Waals surface area (Å²) >= 11 is 5.20. The van der Waals surface area contributed by atoms with Crippen LogP contribution >= 0.6 is 27.3 Å². The minimum atomic E-state index is -0.409. The van der Waals surface area contributed by atoms with E-state index in [2.05, 4.69) is 46.2 Å². The molecule has 0 saturated carbocycles. The van der Waals surface area contributed by atoms with Crippen molar-refractivity contribution in [3.63, 3.8) is 0 Å². The van der Waals surface area contributed by atoms with Gasteiger partial charge in [0.15, 0.2) is 0 Å². The number of hydrogen-bond acceptors (Lipinski definition) is 3. The predicted molar refractivity (Wildman–Crippen MR) is 88.9 cm³/mol. The fourth-order valence-electron chi connectivity index (χ4n) is 2.38. The SMILES string of the molecule is CC(CN(C)Cc1csc(Br)c1)C(O)c1ccccc1. The van der Waals surface area contributed by atoms with Gasteiger partial charge in [-0.3, -0.25) is 0 Å². The Balaban J connectivity index is 1.88. The summed E-state index contributed by atoms with van der Waals surface area (Å²) in [4.78, 5) is 2.26. The Morgan fingerprint density at radius 1 is 1.30 bits per heavy atom. The van der Waals surface area contributed by atoms with Gasteiger partial charge in [-0.2, -0.15) is 0 Å². The summed E-state index contributed by atoms with van der Waals surface area (Å²) in [5.74, 6) is 0.199. The molecule has 1 N–H and O–H groups in total. The van der Waals surface area contributed by atoms with Crippen molar-refractivity contribution in [1.82, 2.24) is 4.90 Å². The monoisotopic (exact) mass is 353 g/mol. The summed E-state index contributed by atoms with van der Waals surface area (Å²) in [5.41, 5.74) is 2.30. The summed E-state index contributed by atoms with van der Waals surface area (Å²) in [7, 11) is 2.10. The van der Waals surface area contributed by atoms with Crippen molar-refractivity contribution in [1.29, 1.82) is 0 Å². The molecule has 1 aromatic heterocycles. The number of aliphatic hydroxyl groups is 1. The van der Waals surface area contributed by atoms with E-state index in [0.29, 0.717) is 0 Å². The molecule has 2 nitrogen and oxygen atoms in total. The van der Waals surface area contributed by atoms with Crippen LogP contribution in [0.3, 0.4) is 0 Å². The molecule has 0 aliphatic carbocycles. The molecule has 0 spiro atoms. The highest BCUT2D eigenvalue weighted by Crippen LogP contribution is 2.24. The van der Waals surface area contributed by atoms with E-state index in [1.165, 1.54) is 9.35 Å². The van der Waals surface area contributed by atoms with Crippen LogP contribution < -0.4 is 0 Å². The smallest absolute Gasteiger partial charge is 0.0827 e. The minimum absolute atomic E-state index is 0.199. The van der Waals surface area contributed by atoms with Gasteiger partial charge in [-0.1, -0.05) is 37.3 Å². The van der Waals surface area contributed by atoms with Crippen molar-refractivity contribution in [2.75, 3.05) is 13.6 Å². The molecular formula is C16H20BrNOS. The molecule has 0 saturated heterocycles. The zero-order valence-corrected chi connectivity index (χ0v) is 14.2. The van der Waals surface area contributed by atoms with Crippen LogP contribution in [0, 0.1) is 5.92 Å². The van der Waals surface area contributed by atoms with E-state index < -0.39 is 6.10 Å². The van der Waals surface area contributed by atoms with Gasteiger partial charge in [-0.15, -0.1) is 11.3 Å². The Labute approximate surface area is 133 Å². The molecule has 0 fully saturated rings. The lowest BCUT2D eigenvalue weighted by Crippen LogP contribution is -2.27. The lowest BCUT2D eigenvalue weighted by atomic mass is 9.97. The number of rotatable bonds is 6. The quantitative estimate of drug-likeness (QED) is 0.836. The summed E-state index contributed by atoms with van der Waals surface area (Å²) in [5, 5.41) is 12.5. The zero-order valence-electron chi connectivity index (χ0n) is 11.8. The van der Waals surface area contributed by atoms with Crippen molar-refractivity contribution in [3.05, 3.63) is 56.7 Å². The van der Waals surface area contributed by atoms with Crippen LogP contribution in [-0.4, -0.2) is 23.6 Å². The van der Waals surface area contributed by atoms with Gasteiger partial charge in [0.25, 0.3) is 0 Å². The number of thiophene rings is 1. The molecule has 4 heteroatoms. The topological polar surface area (TPSA) is 23.5 Å². The molecule has 2 aromatic rings. The minimum Gasteiger partial charge on any atom is -0.388 e. The fraction of sp³-hybridized carbons (Fsp3) is 0.375. The van der Waals surface area contributed by atoms with Gasteiger partial charge in [-0.25, -0.2) is 0 Å². The van der Waals surface area contributed by atoms with Gasteiger partial charge in [0.2, 0.25) is 0 Å². The van der Waals surface area contributed by atoms with Gasteiger partial charge in [0, 0.05) is 13.1 Å². The predicted octanol–water partition coefficient (Wildman–Crippen LogP) is 4.31. The highest BCUT2D eigenvalue weighted by atomic mass is 79.9. The first-order chi connectivity index (χ1) is 9.56. The molecular weight excluding hydrogens is 334 g/mol. The van der Waals surface area contributed by atoms with Crippen molar-refractivity contribution in [3.8, 4) is 0 Å². The van der Waals surface area contributed by atoms with Crippen LogP contribution in [0.25, 0.3) is 0 Å². The second-order valence-corrected chi connectivity index (χ2v) is 7.58. The molecule has 0 aliphatic rings. The third kappa shape index (κ3) is 4.42. The van der Waals surface area contributed by atoms with E-state index in [1.54, 1.807) is 11.3 Å². The van der Waals surface area contributed by atoms with E-state index in [4.69, 9.17) is 0 Å². The van der Waals surface area contributed by atoms with E-state index in [0.717, 1.165) is 18.7 Å². The molecule has 108 valence electrons. The molecule has 20 heavy (non-hydrogen) atoms. The maximum Gasteiger partial charge on any atom is 0.0827 e. The first-order valence-corrected chi connectivity index (χ1v) is 8.38. The number of halogens is 1. The number of benzene rings is 1. The van der Waals surface area contributed by atoms with E-state index in [-0.39, 0.29) is 5.92 Å². The summed E-state index contributed by atoms with van der Waals surface area (Å²) < 4.78 is 1.17. The summed E-state index contributed by atoms with van der Waals surface area (Å²) in [6.07, 6.45) is -0.409. The average Bonchev–Trinajstić information content (AvgIpc) is 2.84. The van der Waals surface area contributed by atoms with Crippen LogP contribution in [0.1, 0.15) is 24.2 Å². The van der Waals surface area contributed by atoms with Gasteiger partial charge < -0.3 is 10.0 Å². The molecule has 2 atom stereocenters. The normalized spacial score (nSPS) is 14.4. The molecule has 1 heterocycles. The number of nitrogens with zero attached hydrogens (tertiary/aromatic N) is 1. The third-order valence-corrected chi connectivity index (χ3v) is 4.91. The van der Waals surface area contributed by atoms with Crippen molar-refractivity contribution >= 4 is 27.3 Å². The van der Waals surface area contributed by atoms with Crippen molar-refractivity contribution in [2.45, 2.75) is 19.6 Å². The molecule has 0 aliphatic heterocycles. The Bertz CT molecular complexity index is 528. The molecule has 0 radical (unpaired) electrons. The summed E-state index contributed by atoms with van der Waals surface area (Å²) in [6, 6.07) is 12.0. The molecule has 2 unspecified atom stereocenters. The molecule has 0 bridgehead atoms. The first-order valence-electron chi connectivity index (χ1n) is 6.70. The maximum absolute atomic E-state index is 10.4. The van der Waals surface area contributed by atoms with Gasteiger partial charge in [-0.05, 0) is 51.5 Å². The van der Waals surface area contributed by atoms with Gasteiger partial charge in [0.1, 0.15) is 0 Å². The van der Waals surface area contributed by atoms with Crippen molar-refractivity contribution < 1.29 is 5.11 Å². The molecule has 1 aromatic carbocycles. The Kier molecular flexibility index (Phi) is 5.78.